The molecule has 0 unspecified atom stereocenters. The van der Waals surface area contributed by atoms with Gasteiger partial charge in [0.05, 0.1) is 6.10 Å². The summed E-state index contributed by atoms with van der Waals surface area (Å²) in [6.45, 7) is 4.64. The summed E-state index contributed by atoms with van der Waals surface area (Å²) in [4.78, 5) is 8.58. The van der Waals surface area contributed by atoms with Crippen molar-refractivity contribution in [2.45, 2.75) is 26.5 Å². The molecule has 0 aliphatic heterocycles. The largest absolute Gasteiger partial charge is 0.475 e. The zero-order chi connectivity index (χ0) is 14.7. The van der Waals surface area contributed by atoms with E-state index in [-0.39, 0.29) is 6.10 Å². The van der Waals surface area contributed by atoms with Gasteiger partial charge in [-0.05, 0) is 32.0 Å². The summed E-state index contributed by atoms with van der Waals surface area (Å²) < 4.78 is 7.75. The van der Waals surface area contributed by atoms with Gasteiger partial charge in [0.1, 0.15) is 11.5 Å². The highest BCUT2D eigenvalue weighted by molar-refractivity contribution is 5.50. The minimum absolute atomic E-state index is 0.107. The fourth-order valence-electron chi connectivity index (χ4n) is 2.17. The molecule has 0 spiro atoms. The molecule has 5 nitrogen and oxygen atoms in total. The second-order valence-electron chi connectivity index (χ2n) is 5.05. The molecule has 0 aliphatic rings. The lowest BCUT2D eigenvalue weighted by atomic mass is 10.2. The van der Waals surface area contributed by atoms with E-state index in [1.54, 1.807) is 12.4 Å². The number of rotatable bonds is 5. The molecular formula is C16H18N4O. The Hall–Kier alpha value is -2.56. The number of ether oxygens (including phenoxy) is 1. The molecule has 0 aliphatic carbocycles. The van der Waals surface area contributed by atoms with Gasteiger partial charge >= 0.3 is 0 Å². The van der Waals surface area contributed by atoms with Crippen molar-refractivity contribution in [3.63, 3.8) is 0 Å². The maximum Gasteiger partial charge on any atom is 0.218 e. The Kier molecular flexibility index (Phi) is 3.73. The highest BCUT2D eigenvalue weighted by atomic mass is 16.5. The number of imidazole rings is 1. The van der Waals surface area contributed by atoms with E-state index in [9.17, 15) is 0 Å². The Balaban J connectivity index is 1.80. The molecule has 1 N–H and O–H groups in total. The quantitative estimate of drug-likeness (QED) is 0.781. The number of nitrogens with zero attached hydrogens (tertiary/aromatic N) is 3. The van der Waals surface area contributed by atoms with Crippen LogP contribution in [0.5, 0.6) is 5.88 Å². The van der Waals surface area contributed by atoms with Crippen LogP contribution in [0.25, 0.3) is 5.65 Å². The van der Waals surface area contributed by atoms with Gasteiger partial charge in [0.15, 0.2) is 0 Å². The third-order valence-corrected chi connectivity index (χ3v) is 3.09. The number of anilines is 1. The van der Waals surface area contributed by atoms with Crippen molar-refractivity contribution in [1.29, 1.82) is 0 Å². The van der Waals surface area contributed by atoms with E-state index in [0.717, 1.165) is 17.0 Å². The maximum absolute atomic E-state index is 5.74. The highest BCUT2D eigenvalue weighted by Crippen LogP contribution is 2.18. The van der Waals surface area contributed by atoms with E-state index in [1.807, 2.05) is 54.8 Å². The van der Waals surface area contributed by atoms with Crippen LogP contribution in [0, 0.1) is 0 Å². The van der Waals surface area contributed by atoms with Gasteiger partial charge in [0, 0.05) is 30.7 Å². The van der Waals surface area contributed by atoms with Crippen LogP contribution in [0.1, 0.15) is 19.4 Å². The van der Waals surface area contributed by atoms with Gasteiger partial charge in [-0.3, -0.25) is 4.40 Å². The first kappa shape index (κ1) is 13.4. The molecule has 108 valence electrons. The molecule has 0 radical (unpaired) electrons. The Labute approximate surface area is 123 Å². The van der Waals surface area contributed by atoms with E-state index in [2.05, 4.69) is 15.3 Å². The van der Waals surface area contributed by atoms with Crippen LogP contribution in [0.4, 0.5) is 5.82 Å². The Morgan fingerprint density at radius 1 is 1.14 bits per heavy atom. The molecule has 3 heterocycles. The number of nitrogens with one attached hydrogen (secondary N) is 1. The summed E-state index contributed by atoms with van der Waals surface area (Å²) in [6, 6.07) is 9.92. The lowest BCUT2D eigenvalue weighted by Crippen LogP contribution is -2.11. The number of aromatic nitrogens is 3. The molecule has 3 rings (SSSR count). The van der Waals surface area contributed by atoms with Crippen molar-refractivity contribution in [1.82, 2.24) is 14.4 Å². The normalized spacial score (nSPS) is 11.0. The van der Waals surface area contributed by atoms with Crippen LogP contribution in [0.15, 0.2) is 48.9 Å². The van der Waals surface area contributed by atoms with Crippen molar-refractivity contribution in [2.75, 3.05) is 5.32 Å². The van der Waals surface area contributed by atoms with Crippen molar-refractivity contribution < 1.29 is 4.74 Å². The molecule has 21 heavy (non-hydrogen) atoms. The molecule has 0 saturated heterocycles. The monoisotopic (exact) mass is 282 g/mol. The van der Waals surface area contributed by atoms with Gasteiger partial charge in [-0.2, -0.15) is 0 Å². The molecule has 5 heteroatoms. The average Bonchev–Trinajstić information content (AvgIpc) is 2.95. The first-order chi connectivity index (χ1) is 10.2. The Morgan fingerprint density at radius 3 is 2.90 bits per heavy atom. The summed E-state index contributed by atoms with van der Waals surface area (Å²) in [5.41, 5.74) is 1.95. The molecule has 0 amide bonds. The molecule has 0 bridgehead atoms. The maximum atomic E-state index is 5.74. The van der Waals surface area contributed by atoms with Crippen LogP contribution < -0.4 is 10.1 Å². The van der Waals surface area contributed by atoms with E-state index in [0.29, 0.717) is 12.4 Å². The van der Waals surface area contributed by atoms with Gasteiger partial charge in [0.25, 0.3) is 0 Å². The fraction of sp³-hybridized carbons (Fsp3) is 0.250. The number of pyridine rings is 2. The molecule has 0 fully saturated rings. The zero-order valence-corrected chi connectivity index (χ0v) is 12.2. The molecule has 0 saturated carbocycles. The summed E-state index contributed by atoms with van der Waals surface area (Å²) in [6.07, 6.45) is 5.58. The topological polar surface area (TPSA) is 51.5 Å². The van der Waals surface area contributed by atoms with Gasteiger partial charge in [-0.1, -0.05) is 12.1 Å². The first-order valence-corrected chi connectivity index (χ1v) is 7.00. The highest BCUT2D eigenvalue weighted by Gasteiger charge is 2.07. The SMILES string of the molecule is CC(C)Oc1ncccc1CNc1cccc2nccn12. The summed E-state index contributed by atoms with van der Waals surface area (Å²) in [5.74, 6) is 1.67. The minimum atomic E-state index is 0.107. The second-order valence-corrected chi connectivity index (χ2v) is 5.05. The van der Waals surface area contributed by atoms with E-state index in [4.69, 9.17) is 4.74 Å². The van der Waals surface area contributed by atoms with Crippen LogP contribution in [-0.2, 0) is 6.54 Å². The average molecular weight is 282 g/mol. The van der Waals surface area contributed by atoms with E-state index < -0.39 is 0 Å². The third kappa shape index (κ3) is 2.97. The first-order valence-electron chi connectivity index (χ1n) is 7.00. The molecule has 3 aromatic rings. The van der Waals surface area contributed by atoms with Crippen LogP contribution in [-0.4, -0.2) is 20.5 Å². The minimum Gasteiger partial charge on any atom is -0.475 e. The Morgan fingerprint density at radius 2 is 2.05 bits per heavy atom. The zero-order valence-electron chi connectivity index (χ0n) is 12.2. The predicted molar refractivity (Wildman–Crippen MR) is 82.5 cm³/mol. The van der Waals surface area contributed by atoms with E-state index in [1.165, 1.54) is 0 Å². The van der Waals surface area contributed by atoms with Crippen molar-refractivity contribution in [3.05, 3.63) is 54.5 Å². The molecular weight excluding hydrogens is 264 g/mol. The van der Waals surface area contributed by atoms with Gasteiger partial charge in [0.2, 0.25) is 5.88 Å². The van der Waals surface area contributed by atoms with Crippen molar-refractivity contribution in [3.8, 4) is 5.88 Å². The van der Waals surface area contributed by atoms with Crippen LogP contribution in [0.2, 0.25) is 0 Å². The smallest absolute Gasteiger partial charge is 0.218 e. The van der Waals surface area contributed by atoms with Crippen molar-refractivity contribution in [2.24, 2.45) is 0 Å². The van der Waals surface area contributed by atoms with Gasteiger partial charge in [-0.25, -0.2) is 9.97 Å². The third-order valence-electron chi connectivity index (χ3n) is 3.09. The number of hydrogen-bond acceptors (Lipinski definition) is 4. The van der Waals surface area contributed by atoms with E-state index >= 15 is 0 Å². The second kappa shape index (κ2) is 5.83. The summed E-state index contributed by atoms with van der Waals surface area (Å²) in [5, 5.41) is 3.41. The number of hydrogen-bond donors (Lipinski definition) is 1. The van der Waals surface area contributed by atoms with Gasteiger partial charge in [-0.15, -0.1) is 0 Å². The standard InChI is InChI=1S/C16H18N4O/c1-12(2)21-16-13(5-4-8-18-16)11-19-15-7-3-6-14-17-9-10-20(14)15/h3-10,12,19H,11H2,1-2H3. The van der Waals surface area contributed by atoms with Crippen molar-refractivity contribution >= 4 is 11.5 Å². The van der Waals surface area contributed by atoms with Gasteiger partial charge < -0.3 is 10.1 Å². The number of fused-ring (bicyclic) bond motifs is 1. The Bertz CT molecular complexity index is 736. The predicted octanol–water partition coefficient (Wildman–Crippen LogP) is 3.13. The van der Waals surface area contributed by atoms with Crippen LogP contribution >= 0.6 is 0 Å². The fourth-order valence-corrected chi connectivity index (χ4v) is 2.17. The lowest BCUT2D eigenvalue weighted by molar-refractivity contribution is 0.230. The lowest BCUT2D eigenvalue weighted by Gasteiger charge is -2.14. The van der Waals surface area contributed by atoms with Crippen LogP contribution in [0.3, 0.4) is 0 Å². The molecule has 3 aromatic heterocycles. The molecule has 0 aromatic carbocycles. The summed E-state index contributed by atoms with van der Waals surface area (Å²) in [7, 11) is 0. The molecule has 0 atom stereocenters. The summed E-state index contributed by atoms with van der Waals surface area (Å²) >= 11 is 0.